The van der Waals surface area contributed by atoms with Crippen LogP contribution in [0, 0.1) is 5.41 Å². The lowest BCUT2D eigenvalue weighted by atomic mass is 9.89. The molecule has 53 heavy (non-hydrogen) atoms. The summed E-state index contributed by atoms with van der Waals surface area (Å²) in [5.74, 6) is 3.78. The van der Waals surface area contributed by atoms with Gasteiger partial charge in [-0.05, 0) is 119 Å². The summed E-state index contributed by atoms with van der Waals surface area (Å²) in [5, 5.41) is 6.31. The Bertz CT molecular complexity index is 1660. The first-order valence-corrected chi connectivity index (χ1v) is 25.8. The van der Waals surface area contributed by atoms with Gasteiger partial charge in [-0.3, -0.25) is 0 Å². The highest BCUT2D eigenvalue weighted by Gasteiger charge is 2.62. The van der Waals surface area contributed by atoms with E-state index in [1.165, 1.54) is 44.3 Å². The van der Waals surface area contributed by atoms with Crippen molar-refractivity contribution in [1.82, 2.24) is 0 Å². The predicted molar refractivity (Wildman–Crippen MR) is 242 cm³/mol. The van der Waals surface area contributed by atoms with E-state index in [0.717, 1.165) is 0 Å². The average molecular weight is 751 g/mol. The van der Waals surface area contributed by atoms with Crippen LogP contribution in [0.15, 0.2) is 36.4 Å². The van der Waals surface area contributed by atoms with Gasteiger partial charge in [0.25, 0.3) is 0 Å². The Morgan fingerprint density at radius 2 is 0.642 bits per heavy atom. The minimum atomic E-state index is -3.02. The van der Waals surface area contributed by atoms with Crippen LogP contribution in [0.1, 0.15) is 249 Å². The molecule has 0 radical (unpaired) electrons. The molecule has 0 saturated heterocycles. The zero-order chi connectivity index (χ0) is 40.2. The fraction of sp³-hybridized carbons (Fsp3) is 0.620. The van der Waals surface area contributed by atoms with E-state index in [0.29, 0.717) is 53.3 Å². The molecule has 0 unspecified atom stereocenters. The van der Waals surface area contributed by atoms with E-state index in [4.69, 9.17) is 4.43 Å². The largest absolute Gasteiger partial charge is 0.541 e. The fourth-order valence-corrected chi connectivity index (χ4v) is 24.5. The highest BCUT2D eigenvalue weighted by molar-refractivity contribution is 7.51. The standard InChI is InChI=1S/C50H78OSi2/c1-28(2)37-22-40(31(7)8)46(41(23-37)32(9)10)52-49(50(19,20)21)51-53(52,47-42(33(11)12)24-38(29(3)4)25-43(47)34(13)14)48-44(35(15)16)26-39(30(5)6)27-45(48)36(17)18/h22-36H,1-21H3. The van der Waals surface area contributed by atoms with Gasteiger partial charge in [0, 0.05) is 5.41 Å². The maximum Gasteiger partial charge on any atom is 0.323 e. The molecule has 0 N–H and O–H groups in total. The van der Waals surface area contributed by atoms with Crippen LogP contribution >= 0.6 is 0 Å². The van der Waals surface area contributed by atoms with Crippen molar-refractivity contribution in [3.05, 3.63) is 86.5 Å². The van der Waals surface area contributed by atoms with Crippen LogP contribution in [0.25, 0.3) is 0 Å². The molecule has 4 rings (SSSR count). The van der Waals surface area contributed by atoms with Gasteiger partial charge in [-0.25, -0.2) is 0 Å². The van der Waals surface area contributed by atoms with Gasteiger partial charge in [-0.15, -0.1) is 0 Å². The van der Waals surface area contributed by atoms with Gasteiger partial charge >= 0.3 is 7.83 Å². The molecular formula is C50H78OSi2. The molecule has 0 fully saturated rings. The first-order chi connectivity index (χ1) is 24.4. The summed E-state index contributed by atoms with van der Waals surface area (Å²) < 4.78 is 8.24. The minimum absolute atomic E-state index is 0.0776. The molecule has 3 aromatic rings. The maximum atomic E-state index is 8.24. The minimum Gasteiger partial charge on any atom is -0.541 e. The Balaban J connectivity index is 2.52. The van der Waals surface area contributed by atoms with E-state index in [1.54, 1.807) is 26.7 Å². The summed E-state index contributed by atoms with van der Waals surface area (Å²) in [4.78, 5) is 0. The molecule has 0 spiro atoms. The summed E-state index contributed by atoms with van der Waals surface area (Å²) in [6.45, 7) is 50.9. The molecule has 1 aliphatic rings. The average Bonchev–Trinajstić information content (AvgIpc) is 3.02. The molecule has 0 atom stereocenters. The van der Waals surface area contributed by atoms with Gasteiger partial charge in [0.2, 0.25) is 0 Å². The van der Waals surface area contributed by atoms with Gasteiger partial charge < -0.3 is 4.43 Å². The number of hydrogen-bond acceptors (Lipinski definition) is 1. The number of hydrogen-bond donors (Lipinski definition) is 0. The molecular weight excluding hydrogens is 673 g/mol. The van der Waals surface area contributed by atoms with Gasteiger partial charge in [0.1, 0.15) is 7.93 Å². The van der Waals surface area contributed by atoms with Crippen molar-refractivity contribution < 1.29 is 4.43 Å². The van der Waals surface area contributed by atoms with Crippen molar-refractivity contribution in [2.45, 2.75) is 199 Å². The lowest BCUT2D eigenvalue weighted by Gasteiger charge is -2.53. The topological polar surface area (TPSA) is 9.23 Å². The summed E-state index contributed by atoms with van der Waals surface area (Å²) >= 11 is 0. The Kier molecular flexibility index (Phi) is 13.2. The van der Waals surface area contributed by atoms with Gasteiger partial charge in [-0.2, -0.15) is 0 Å². The van der Waals surface area contributed by atoms with Crippen LogP contribution in [0.5, 0.6) is 0 Å². The molecule has 0 bridgehead atoms. The molecule has 3 heteroatoms. The summed E-state index contributed by atoms with van der Waals surface area (Å²) in [6.07, 6.45) is 0. The van der Waals surface area contributed by atoms with Crippen LogP contribution < -0.4 is 15.6 Å². The monoisotopic (exact) mass is 751 g/mol. The van der Waals surface area contributed by atoms with Gasteiger partial charge in [0.05, 0.1) is 5.35 Å². The third-order valence-corrected chi connectivity index (χ3v) is 23.6. The van der Waals surface area contributed by atoms with Crippen molar-refractivity contribution in [1.29, 1.82) is 0 Å². The second-order valence-corrected chi connectivity index (χ2v) is 28.2. The van der Waals surface area contributed by atoms with Crippen molar-refractivity contribution in [3.63, 3.8) is 0 Å². The van der Waals surface area contributed by atoms with Crippen molar-refractivity contribution >= 4 is 36.7 Å². The Hall–Kier alpha value is -2.24. The molecule has 292 valence electrons. The van der Waals surface area contributed by atoms with E-state index in [1.807, 2.05) is 0 Å². The maximum absolute atomic E-state index is 8.24. The Labute approximate surface area is 330 Å². The second kappa shape index (κ2) is 16.1. The van der Waals surface area contributed by atoms with Crippen molar-refractivity contribution in [2.75, 3.05) is 0 Å². The first-order valence-electron chi connectivity index (χ1n) is 21.4. The molecule has 0 amide bonds. The van der Waals surface area contributed by atoms with E-state index in [2.05, 4.69) is 182 Å². The van der Waals surface area contributed by atoms with Crippen LogP contribution in [0.4, 0.5) is 0 Å². The summed E-state index contributed by atoms with van der Waals surface area (Å²) in [5.41, 5.74) is 13.6. The van der Waals surface area contributed by atoms with E-state index < -0.39 is 15.8 Å². The smallest absolute Gasteiger partial charge is 0.323 e. The molecule has 0 aromatic heterocycles. The zero-order valence-electron chi connectivity index (χ0n) is 38.1. The highest BCUT2D eigenvalue weighted by atomic mass is 29.2. The van der Waals surface area contributed by atoms with Crippen LogP contribution in [-0.2, 0) is 4.43 Å². The van der Waals surface area contributed by atoms with E-state index >= 15 is 0 Å². The number of benzene rings is 3. The first kappa shape index (κ1) is 43.5. The molecule has 0 aliphatic carbocycles. The zero-order valence-corrected chi connectivity index (χ0v) is 40.1. The van der Waals surface area contributed by atoms with Gasteiger partial charge in [0.15, 0.2) is 0 Å². The SMILES string of the molecule is CC(C)c1cc(C(C)C)c([Si]2=C(C(C)(C)C)O[Si]2(c2c(C(C)C)cc(C(C)C)cc2C(C)C)c2c(C(C)C)cc(C(C)C)cc2C(C)C)c(C(C)C)c1. The molecule has 1 heterocycles. The predicted octanol–water partition coefficient (Wildman–Crippen LogP) is 13.1. The fourth-order valence-electron chi connectivity index (χ4n) is 8.63. The second-order valence-electron chi connectivity index (χ2n) is 20.4. The Morgan fingerprint density at radius 1 is 0.396 bits per heavy atom. The Morgan fingerprint density at radius 3 is 0.849 bits per heavy atom. The number of rotatable bonds is 12. The van der Waals surface area contributed by atoms with Gasteiger partial charge in [-0.1, -0.05) is 182 Å². The van der Waals surface area contributed by atoms with Crippen molar-refractivity contribution in [2.24, 2.45) is 5.41 Å². The summed E-state index contributed by atoms with van der Waals surface area (Å²) in [6, 6.07) is 15.7. The summed E-state index contributed by atoms with van der Waals surface area (Å²) in [7, 11) is -4.48. The normalized spacial score (nSPS) is 15.1. The van der Waals surface area contributed by atoms with Crippen molar-refractivity contribution in [3.8, 4) is 0 Å². The molecule has 1 nitrogen and oxygen atoms in total. The van der Waals surface area contributed by atoms with E-state index in [9.17, 15) is 0 Å². The third-order valence-electron chi connectivity index (χ3n) is 11.9. The highest BCUT2D eigenvalue weighted by Crippen LogP contribution is 2.40. The van der Waals surface area contributed by atoms with Crippen LogP contribution in [0.2, 0.25) is 0 Å². The van der Waals surface area contributed by atoms with Crippen LogP contribution in [0.3, 0.4) is 0 Å². The lowest BCUT2D eigenvalue weighted by Crippen LogP contribution is -2.84. The molecule has 0 saturated carbocycles. The third kappa shape index (κ3) is 8.05. The molecule has 3 aromatic carbocycles. The molecule has 1 aliphatic heterocycles. The quantitative estimate of drug-likeness (QED) is 0.168. The lowest BCUT2D eigenvalue weighted by molar-refractivity contribution is 0.445. The van der Waals surface area contributed by atoms with E-state index in [-0.39, 0.29) is 5.41 Å². The van der Waals surface area contributed by atoms with Crippen LogP contribution in [-0.4, -0.2) is 21.1 Å².